The van der Waals surface area contributed by atoms with Crippen LogP contribution >= 0.6 is 22.9 Å². The van der Waals surface area contributed by atoms with E-state index < -0.39 is 6.04 Å². The summed E-state index contributed by atoms with van der Waals surface area (Å²) >= 11 is 7.48. The number of azo groups is 1. The number of carbonyl (C=O) groups excluding carboxylic acids is 2. The Balaban J connectivity index is 1.38. The van der Waals surface area contributed by atoms with E-state index in [2.05, 4.69) is 20.3 Å². The number of halogens is 1. The summed E-state index contributed by atoms with van der Waals surface area (Å²) in [6, 6.07) is 20.7. The number of rotatable bonds is 6. The molecule has 1 atom stereocenters. The molecule has 0 bridgehead atoms. The van der Waals surface area contributed by atoms with Crippen LogP contribution in [-0.4, -0.2) is 28.4 Å². The predicted molar refractivity (Wildman–Crippen MR) is 143 cm³/mol. The van der Waals surface area contributed by atoms with Crippen LogP contribution in [0.3, 0.4) is 0 Å². The predicted octanol–water partition coefficient (Wildman–Crippen LogP) is 6.88. The van der Waals surface area contributed by atoms with Gasteiger partial charge in [-0.05, 0) is 32.0 Å². The number of benzene rings is 3. The van der Waals surface area contributed by atoms with Crippen molar-refractivity contribution in [2.45, 2.75) is 19.9 Å². The monoisotopic (exact) mass is 513 g/mol. The standard InChI is InChI=1S/C27H20ClN5O2S/c1-16-8-10-18(11-9-16)23-15-36-27(29-23)33-26(35)24(17(2)32-33)31-30-22-13-12-20(28)14-21(22)25(34)19-6-4-3-5-7-19/h3-15,24H,1-2H3/t24-/m1/s1. The SMILES string of the molecule is CC1=NN(c2nc(-c3ccc(C)cc3)cs2)C(=O)[C@@H]1N=Nc1ccc(Cl)cc1C(=O)c1ccccc1. The molecule has 178 valence electrons. The van der Waals surface area contributed by atoms with E-state index in [1.54, 1.807) is 49.4 Å². The maximum Gasteiger partial charge on any atom is 0.282 e. The largest absolute Gasteiger partial charge is 0.289 e. The minimum Gasteiger partial charge on any atom is -0.289 e. The molecule has 0 spiro atoms. The van der Waals surface area contributed by atoms with E-state index in [0.29, 0.717) is 32.7 Å². The highest BCUT2D eigenvalue weighted by Crippen LogP contribution is 2.32. The Morgan fingerprint density at radius 3 is 2.53 bits per heavy atom. The summed E-state index contributed by atoms with van der Waals surface area (Å²) in [5, 5.41) is 16.9. The van der Waals surface area contributed by atoms with Crippen LogP contribution in [0.2, 0.25) is 5.02 Å². The lowest BCUT2D eigenvalue weighted by Gasteiger charge is -2.09. The molecule has 0 unspecified atom stereocenters. The second-order valence-electron chi connectivity index (χ2n) is 8.25. The summed E-state index contributed by atoms with van der Waals surface area (Å²) in [6.07, 6.45) is 0. The molecule has 0 saturated carbocycles. The van der Waals surface area contributed by atoms with Crippen LogP contribution in [0.5, 0.6) is 0 Å². The van der Waals surface area contributed by atoms with Crippen molar-refractivity contribution in [1.82, 2.24) is 4.98 Å². The highest BCUT2D eigenvalue weighted by atomic mass is 35.5. The van der Waals surface area contributed by atoms with E-state index in [0.717, 1.165) is 16.8 Å². The van der Waals surface area contributed by atoms with Gasteiger partial charge in [0.2, 0.25) is 5.13 Å². The average molecular weight is 514 g/mol. The average Bonchev–Trinajstić information content (AvgIpc) is 3.48. The van der Waals surface area contributed by atoms with Gasteiger partial charge in [0, 0.05) is 21.5 Å². The zero-order valence-electron chi connectivity index (χ0n) is 19.4. The molecule has 0 aliphatic carbocycles. The molecule has 3 aromatic carbocycles. The Bertz CT molecular complexity index is 1510. The number of hydrazone groups is 1. The lowest BCUT2D eigenvalue weighted by Crippen LogP contribution is -2.29. The zero-order valence-corrected chi connectivity index (χ0v) is 21.0. The lowest BCUT2D eigenvalue weighted by atomic mass is 10.0. The van der Waals surface area contributed by atoms with Crippen LogP contribution in [-0.2, 0) is 4.79 Å². The molecule has 4 aromatic rings. The van der Waals surface area contributed by atoms with E-state index >= 15 is 0 Å². The van der Waals surface area contributed by atoms with Crippen LogP contribution < -0.4 is 5.01 Å². The first kappa shape index (κ1) is 23.7. The van der Waals surface area contributed by atoms with Gasteiger partial charge in [-0.2, -0.15) is 20.3 Å². The number of hydrogen-bond donors (Lipinski definition) is 0. The fourth-order valence-electron chi connectivity index (χ4n) is 3.69. The number of hydrogen-bond acceptors (Lipinski definition) is 7. The number of carbonyl (C=O) groups is 2. The van der Waals surface area contributed by atoms with E-state index in [-0.39, 0.29) is 11.7 Å². The van der Waals surface area contributed by atoms with Crippen LogP contribution in [0.1, 0.15) is 28.4 Å². The first-order valence-corrected chi connectivity index (χ1v) is 12.4. The van der Waals surface area contributed by atoms with Gasteiger partial charge in [0.1, 0.15) is 0 Å². The van der Waals surface area contributed by atoms with E-state index in [4.69, 9.17) is 11.6 Å². The molecular formula is C27H20ClN5O2S. The molecule has 36 heavy (non-hydrogen) atoms. The second kappa shape index (κ2) is 9.93. The molecule has 9 heteroatoms. The van der Waals surface area contributed by atoms with Crippen molar-refractivity contribution in [2.75, 3.05) is 5.01 Å². The van der Waals surface area contributed by atoms with Crippen molar-refractivity contribution < 1.29 is 9.59 Å². The maximum absolute atomic E-state index is 13.2. The summed E-state index contributed by atoms with van der Waals surface area (Å²) in [6.45, 7) is 3.74. The van der Waals surface area contributed by atoms with Gasteiger partial charge in [0.05, 0.1) is 22.7 Å². The van der Waals surface area contributed by atoms with Gasteiger partial charge in [0.15, 0.2) is 11.8 Å². The summed E-state index contributed by atoms with van der Waals surface area (Å²) < 4.78 is 0. The van der Waals surface area contributed by atoms with Crippen molar-refractivity contribution in [3.8, 4) is 11.3 Å². The molecule has 7 nitrogen and oxygen atoms in total. The smallest absolute Gasteiger partial charge is 0.282 e. The van der Waals surface area contributed by atoms with Gasteiger partial charge in [-0.1, -0.05) is 71.8 Å². The van der Waals surface area contributed by atoms with Crippen LogP contribution in [0.4, 0.5) is 10.8 Å². The van der Waals surface area contributed by atoms with Gasteiger partial charge < -0.3 is 0 Å². The summed E-state index contributed by atoms with van der Waals surface area (Å²) in [5.41, 5.74) is 4.51. The second-order valence-corrected chi connectivity index (χ2v) is 9.52. The Hall–Kier alpha value is -4.01. The van der Waals surface area contributed by atoms with Crippen molar-refractivity contribution in [3.63, 3.8) is 0 Å². The maximum atomic E-state index is 13.2. The van der Waals surface area contributed by atoms with Crippen LogP contribution in [0, 0.1) is 6.92 Å². The normalized spacial score (nSPS) is 15.5. The first-order chi connectivity index (χ1) is 17.4. The topological polar surface area (TPSA) is 87.3 Å². The van der Waals surface area contributed by atoms with Gasteiger partial charge in [-0.15, -0.1) is 11.3 Å². The molecule has 2 heterocycles. The summed E-state index contributed by atoms with van der Waals surface area (Å²) in [5.74, 6) is -0.589. The van der Waals surface area contributed by atoms with Crippen molar-refractivity contribution >= 4 is 51.2 Å². The minimum atomic E-state index is -0.910. The number of anilines is 1. The molecule has 0 fully saturated rings. The molecule has 1 amide bonds. The fraction of sp³-hybridized carbons (Fsp3) is 0.111. The van der Waals surface area contributed by atoms with Crippen molar-refractivity contribution in [2.24, 2.45) is 15.3 Å². The molecule has 0 N–H and O–H groups in total. The Morgan fingerprint density at radius 2 is 1.78 bits per heavy atom. The highest BCUT2D eigenvalue weighted by Gasteiger charge is 2.36. The number of amides is 1. The molecule has 5 rings (SSSR count). The van der Waals surface area contributed by atoms with Crippen molar-refractivity contribution in [3.05, 3.63) is 99.9 Å². The van der Waals surface area contributed by atoms with Gasteiger partial charge in [-0.3, -0.25) is 9.59 Å². The fourth-order valence-corrected chi connectivity index (χ4v) is 4.65. The zero-order chi connectivity index (χ0) is 25.2. The molecule has 1 aliphatic heterocycles. The first-order valence-electron chi connectivity index (χ1n) is 11.1. The summed E-state index contributed by atoms with van der Waals surface area (Å²) in [7, 11) is 0. The molecular weight excluding hydrogens is 494 g/mol. The lowest BCUT2D eigenvalue weighted by molar-refractivity contribution is -0.117. The van der Waals surface area contributed by atoms with Gasteiger partial charge in [0.25, 0.3) is 5.91 Å². The molecule has 1 aliphatic rings. The van der Waals surface area contributed by atoms with E-state index in [1.165, 1.54) is 16.3 Å². The quantitative estimate of drug-likeness (QED) is 0.208. The Kier molecular flexibility index (Phi) is 6.54. The Morgan fingerprint density at radius 1 is 1.03 bits per heavy atom. The minimum absolute atomic E-state index is 0.233. The van der Waals surface area contributed by atoms with Crippen LogP contribution in [0.25, 0.3) is 11.3 Å². The highest BCUT2D eigenvalue weighted by molar-refractivity contribution is 7.14. The number of ketones is 1. The van der Waals surface area contributed by atoms with Crippen LogP contribution in [0.15, 0.2) is 93.5 Å². The van der Waals surface area contributed by atoms with Gasteiger partial charge >= 0.3 is 0 Å². The summed E-state index contributed by atoms with van der Waals surface area (Å²) in [4.78, 5) is 30.8. The van der Waals surface area contributed by atoms with E-state index in [9.17, 15) is 9.59 Å². The number of aryl methyl sites for hydroxylation is 1. The van der Waals surface area contributed by atoms with E-state index in [1.807, 2.05) is 42.6 Å². The molecule has 1 aromatic heterocycles. The molecule has 0 saturated heterocycles. The number of aromatic nitrogens is 1. The van der Waals surface area contributed by atoms with Crippen molar-refractivity contribution in [1.29, 1.82) is 0 Å². The Labute approximate surface area is 216 Å². The third-order valence-corrected chi connectivity index (χ3v) is 6.69. The van der Waals surface area contributed by atoms with Gasteiger partial charge in [-0.25, -0.2) is 4.98 Å². The third kappa shape index (κ3) is 4.73. The number of nitrogens with zero attached hydrogens (tertiary/aromatic N) is 5. The third-order valence-electron chi connectivity index (χ3n) is 5.64. The number of thiazole rings is 1. The molecule has 0 radical (unpaired) electrons.